The highest BCUT2D eigenvalue weighted by molar-refractivity contribution is 9.11. The lowest BCUT2D eigenvalue weighted by Gasteiger charge is -2.20. The van der Waals surface area contributed by atoms with Crippen molar-refractivity contribution in [2.75, 3.05) is 0 Å². The second-order valence-electron chi connectivity index (χ2n) is 7.42. The molecule has 0 aliphatic rings. The minimum Gasteiger partial charge on any atom is -0.508 e. The highest BCUT2D eigenvalue weighted by Gasteiger charge is 2.26. The number of nitrogens with one attached hydrogen (secondary N) is 1. The van der Waals surface area contributed by atoms with Gasteiger partial charge >= 0.3 is 5.97 Å². The van der Waals surface area contributed by atoms with Gasteiger partial charge in [-0.1, -0.05) is 34.1 Å². The van der Waals surface area contributed by atoms with Crippen LogP contribution in [0.1, 0.15) is 56.0 Å². The number of benzene rings is 2. The Morgan fingerprint density at radius 3 is 2.20 bits per heavy atom. The summed E-state index contributed by atoms with van der Waals surface area (Å²) in [5.74, 6) is -0.422. The summed E-state index contributed by atoms with van der Waals surface area (Å²) in [6.07, 6.45) is 0.627. The van der Waals surface area contributed by atoms with Gasteiger partial charge in [0.2, 0.25) is 0 Å². The lowest BCUT2D eigenvalue weighted by atomic mass is 9.99. The van der Waals surface area contributed by atoms with Gasteiger partial charge in [0, 0.05) is 11.1 Å². The number of carboxylic acids is 1. The third-order valence-corrected chi connectivity index (χ3v) is 6.05. The molecule has 1 unspecified atom stereocenters. The molecule has 0 heterocycles. The largest absolute Gasteiger partial charge is 0.508 e. The lowest BCUT2D eigenvalue weighted by Crippen LogP contribution is -2.45. The van der Waals surface area contributed by atoms with Crippen molar-refractivity contribution in [1.82, 2.24) is 5.32 Å². The average Bonchev–Trinajstić information content (AvgIpc) is 2.68. The number of amides is 1. The number of ether oxygens (including phenoxy) is 1. The van der Waals surface area contributed by atoms with Crippen LogP contribution in [0.2, 0.25) is 0 Å². The van der Waals surface area contributed by atoms with Gasteiger partial charge in [-0.3, -0.25) is 4.79 Å². The van der Waals surface area contributed by atoms with Crippen molar-refractivity contribution in [3.05, 3.63) is 50.4 Å². The first-order valence-corrected chi connectivity index (χ1v) is 11.2. The Labute approximate surface area is 192 Å². The molecule has 2 atom stereocenters. The molecule has 0 aliphatic carbocycles. The predicted octanol–water partition coefficient (Wildman–Crippen LogP) is 6.06. The molecular weight excluding hydrogens is 518 g/mol. The average molecular weight is 543 g/mol. The Bertz CT molecular complexity index is 922. The van der Waals surface area contributed by atoms with Gasteiger partial charge in [0.15, 0.2) is 5.75 Å². The highest BCUT2D eigenvalue weighted by atomic mass is 79.9. The normalized spacial score (nSPS) is 13.0. The summed E-state index contributed by atoms with van der Waals surface area (Å²) in [7, 11) is 0. The summed E-state index contributed by atoms with van der Waals surface area (Å²) in [4.78, 5) is 24.1. The molecule has 2 aromatic carbocycles. The minimum atomic E-state index is -1.07. The van der Waals surface area contributed by atoms with E-state index in [2.05, 4.69) is 37.2 Å². The Kier molecular flexibility index (Phi) is 8.32. The summed E-state index contributed by atoms with van der Waals surface area (Å²) in [5.41, 5.74) is 1.06. The van der Waals surface area contributed by atoms with Crippen molar-refractivity contribution in [1.29, 1.82) is 0 Å². The van der Waals surface area contributed by atoms with E-state index in [9.17, 15) is 19.8 Å². The Morgan fingerprint density at radius 2 is 1.70 bits per heavy atom. The van der Waals surface area contributed by atoms with Crippen LogP contribution in [0.4, 0.5) is 0 Å². The fourth-order valence-corrected chi connectivity index (χ4v) is 4.22. The Hall–Kier alpha value is -2.06. The molecule has 0 aromatic heterocycles. The number of rotatable bonds is 8. The lowest BCUT2D eigenvalue weighted by molar-refractivity contribution is -0.140. The highest BCUT2D eigenvalue weighted by Crippen LogP contribution is 2.39. The van der Waals surface area contributed by atoms with E-state index >= 15 is 0 Å². The SMILES string of the molecule is CCC(C)[C@H](NC(=O)c1cc(Br)c(Oc2ccc(O)c(C(C)C)c2)c(Br)c1)C(=O)O. The van der Waals surface area contributed by atoms with Gasteiger partial charge in [-0.25, -0.2) is 4.79 Å². The summed E-state index contributed by atoms with van der Waals surface area (Å²) >= 11 is 6.85. The van der Waals surface area contributed by atoms with Crippen LogP contribution in [0.3, 0.4) is 0 Å². The van der Waals surface area contributed by atoms with E-state index in [1.54, 1.807) is 37.3 Å². The zero-order valence-corrected chi connectivity index (χ0v) is 20.4. The topological polar surface area (TPSA) is 95.9 Å². The van der Waals surface area contributed by atoms with Crippen LogP contribution in [0, 0.1) is 5.92 Å². The molecular formula is C22H25Br2NO5. The zero-order valence-electron chi connectivity index (χ0n) is 17.2. The summed E-state index contributed by atoms with van der Waals surface area (Å²) in [6.45, 7) is 7.61. The smallest absolute Gasteiger partial charge is 0.326 e. The molecule has 0 saturated heterocycles. The van der Waals surface area contributed by atoms with Crippen LogP contribution in [0.5, 0.6) is 17.2 Å². The maximum Gasteiger partial charge on any atom is 0.326 e. The number of halogens is 2. The van der Waals surface area contributed by atoms with Crippen LogP contribution in [-0.4, -0.2) is 28.1 Å². The molecule has 1 amide bonds. The monoisotopic (exact) mass is 541 g/mol. The molecule has 2 rings (SSSR count). The molecule has 0 fully saturated rings. The number of hydrogen-bond acceptors (Lipinski definition) is 4. The molecule has 0 radical (unpaired) electrons. The third-order valence-electron chi connectivity index (χ3n) is 4.87. The van der Waals surface area contributed by atoms with E-state index in [4.69, 9.17) is 4.74 Å². The first-order chi connectivity index (χ1) is 14.0. The molecule has 162 valence electrons. The van der Waals surface area contributed by atoms with Gasteiger partial charge in [0.25, 0.3) is 5.91 Å². The summed E-state index contributed by atoms with van der Waals surface area (Å²) in [6, 6.07) is 7.19. The second kappa shape index (κ2) is 10.3. The van der Waals surface area contributed by atoms with E-state index in [1.807, 2.05) is 20.8 Å². The van der Waals surface area contributed by atoms with Crippen LogP contribution in [0.25, 0.3) is 0 Å². The maximum atomic E-state index is 12.6. The van der Waals surface area contributed by atoms with Crippen LogP contribution in [0.15, 0.2) is 39.3 Å². The van der Waals surface area contributed by atoms with E-state index in [1.165, 1.54) is 0 Å². The maximum absolute atomic E-state index is 12.6. The zero-order chi connectivity index (χ0) is 22.6. The number of aliphatic carboxylic acids is 1. The van der Waals surface area contributed by atoms with Crippen molar-refractivity contribution in [2.24, 2.45) is 5.92 Å². The molecule has 0 saturated carbocycles. The number of phenolic OH excluding ortho intramolecular Hbond substituents is 1. The van der Waals surface area contributed by atoms with Crippen LogP contribution < -0.4 is 10.1 Å². The molecule has 0 bridgehead atoms. The molecule has 0 spiro atoms. The fourth-order valence-electron chi connectivity index (χ4n) is 2.87. The van der Waals surface area contributed by atoms with Crippen LogP contribution in [-0.2, 0) is 4.79 Å². The Morgan fingerprint density at radius 1 is 1.10 bits per heavy atom. The first kappa shape index (κ1) is 24.2. The molecule has 2 aromatic rings. The quantitative estimate of drug-likeness (QED) is 0.376. The first-order valence-electron chi connectivity index (χ1n) is 9.58. The van der Waals surface area contributed by atoms with Gasteiger partial charge < -0.3 is 20.3 Å². The molecule has 30 heavy (non-hydrogen) atoms. The van der Waals surface area contributed by atoms with Gasteiger partial charge in [0.1, 0.15) is 17.5 Å². The number of aromatic hydroxyl groups is 1. The number of phenols is 1. The molecule has 3 N–H and O–H groups in total. The fraction of sp³-hybridized carbons (Fsp3) is 0.364. The van der Waals surface area contributed by atoms with E-state index < -0.39 is 17.9 Å². The van der Waals surface area contributed by atoms with E-state index in [-0.39, 0.29) is 17.6 Å². The van der Waals surface area contributed by atoms with Crippen LogP contribution >= 0.6 is 31.9 Å². The summed E-state index contributed by atoms with van der Waals surface area (Å²) < 4.78 is 7.01. The molecule has 0 aliphatic heterocycles. The second-order valence-corrected chi connectivity index (χ2v) is 9.13. The van der Waals surface area contributed by atoms with Crippen molar-refractivity contribution in [2.45, 2.75) is 46.1 Å². The number of hydrogen-bond donors (Lipinski definition) is 3. The van der Waals surface area contributed by atoms with Gasteiger partial charge in [-0.05, 0) is 74.0 Å². The van der Waals surface area contributed by atoms with Crippen molar-refractivity contribution < 1.29 is 24.5 Å². The van der Waals surface area contributed by atoms with E-state index in [0.29, 0.717) is 32.4 Å². The number of carbonyl (C=O) groups is 2. The molecule has 6 nitrogen and oxygen atoms in total. The number of carboxylic acid groups (broad SMARTS) is 1. The minimum absolute atomic E-state index is 0.124. The summed E-state index contributed by atoms with van der Waals surface area (Å²) in [5, 5.41) is 22.0. The van der Waals surface area contributed by atoms with Gasteiger partial charge in [-0.2, -0.15) is 0 Å². The number of carbonyl (C=O) groups excluding carboxylic acids is 1. The van der Waals surface area contributed by atoms with Gasteiger partial charge in [0.05, 0.1) is 8.95 Å². The van der Waals surface area contributed by atoms with Gasteiger partial charge in [-0.15, -0.1) is 0 Å². The standard InChI is InChI=1S/C22H25Br2NO5/c1-5-12(4)19(22(28)29)25-21(27)13-8-16(23)20(17(24)9-13)30-14-6-7-18(26)15(10-14)11(2)3/h6-12,19,26H,5H2,1-4H3,(H,25,27)(H,28,29)/t12?,19-/m0/s1. The predicted molar refractivity (Wildman–Crippen MR) is 122 cm³/mol. The van der Waals surface area contributed by atoms with Crippen molar-refractivity contribution in [3.63, 3.8) is 0 Å². The molecule has 8 heteroatoms. The van der Waals surface area contributed by atoms with Crippen molar-refractivity contribution in [3.8, 4) is 17.2 Å². The Balaban J connectivity index is 2.28. The van der Waals surface area contributed by atoms with Crippen molar-refractivity contribution >= 4 is 43.7 Å². The van der Waals surface area contributed by atoms with E-state index in [0.717, 1.165) is 5.56 Å². The third kappa shape index (κ3) is 5.76.